The normalized spacial score (nSPS) is 10.9. The Morgan fingerprint density at radius 2 is 1.89 bits per heavy atom. The number of nitrogens with zero attached hydrogens (tertiary/aromatic N) is 3. The van der Waals surface area contributed by atoms with Crippen molar-refractivity contribution in [2.24, 2.45) is 0 Å². The first-order valence-electron chi connectivity index (χ1n) is 6.66. The van der Waals surface area contributed by atoms with Gasteiger partial charge in [0.15, 0.2) is 0 Å². The van der Waals surface area contributed by atoms with Gasteiger partial charge in [0, 0.05) is 37.1 Å². The fraction of sp³-hybridized carbons (Fsp3) is 0.400. The summed E-state index contributed by atoms with van der Waals surface area (Å²) in [5.74, 6) is 0. The van der Waals surface area contributed by atoms with Crippen molar-refractivity contribution in [3.63, 3.8) is 0 Å². The van der Waals surface area contributed by atoms with Gasteiger partial charge < -0.3 is 10.2 Å². The maximum Gasteiger partial charge on any atom is 0.0539 e. The predicted molar refractivity (Wildman–Crippen MR) is 79.1 cm³/mol. The van der Waals surface area contributed by atoms with Crippen molar-refractivity contribution in [2.75, 3.05) is 19.4 Å². The van der Waals surface area contributed by atoms with Gasteiger partial charge >= 0.3 is 0 Å². The molecule has 0 spiro atoms. The lowest BCUT2D eigenvalue weighted by Gasteiger charge is -2.10. The van der Waals surface area contributed by atoms with Crippen molar-refractivity contribution < 1.29 is 0 Å². The molecule has 0 aliphatic heterocycles. The summed E-state index contributed by atoms with van der Waals surface area (Å²) in [5.41, 5.74) is 3.68. The molecule has 0 bridgehead atoms. The molecular formula is C15H22N4. The molecule has 1 aromatic heterocycles. The minimum Gasteiger partial charge on any atom is -0.381 e. The first-order chi connectivity index (χ1) is 9.17. The number of hydrogen-bond donors (Lipinski definition) is 1. The minimum absolute atomic E-state index is 0.813. The Morgan fingerprint density at radius 3 is 2.47 bits per heavy atom. The number of aromatic nitrogens is 2. The van der Waals surface area contributed by atoms with Gasteiger partial charge in [0.1, 0.15) is 0 Å². The third kappa shape index (κ3) is 4.10. The van der Waals surface area contributed by atoms with E-state index in [2.05, 4.69) is 66.8 Å². The Hall–Kier alpha value is -1.81. The molecule has 0 radical (unpaired) electrons. The van der Waals surface area contributed by atoms with E-state index in [1.807, 2.05) is 10.9 Å². The maximum atomic E-state index is 4.26. The SMILES string of the molecule is CCn1cc(CNc2ccc(CN(C)C)cc2)cn1. The molecule has 2 aromatic rings. The average molecular weight is 258 g/mol. The Kier molecular flexibility index (Phi) is 4.58. The third-order valence-corrected chi connectivity index (χ3v) is 2.96. The van der Waals surface area contributed by atoms with Crippen molar-refractivity contribution >= 4 is 5.69 Å². The van der Waals surface area contributed by atoms with Crippen LogP contribution in [0, 0.1) is 0 Å². The lowest BCUT2D eigenvalue weighted by atomic mass is 10.2. The van der Waals surface area contributed by atoms with E-state index in [1.165, 1.54) is 11.1 Å². The molecule has 4 heteroatoms. The lowest BCUT2D eigenvalue weighted by Crippen LogP contribution is -2.10. The Balaban J connectivity index is 1.89. The average Bonchev–Trinajstić information content (AvgIpc) is 2.85. The molecule has 0 fully saturated rings. The summed E-state index contributed by atoms with van der Waals surface area (Å²) in [7, 11) is 4.16. The predicted octanol–water partition coefficient (Wildman–Crippen LogP) is 2.58. The summed E-state index contributed by atoms with van der Waals surface area (Å²) in [6, 6.07) is 8.59. The van der Waals surface area contributed by atoms with E-state index in [4.69, 9.17) is 0 Å². The standard InChI is InChI=1S/C15H22N4/c1-4-19-12-14(10-17-19)9-16-15-7-5-13(6-8-15)11-18(2)3/h5-8,10,12,16H,4,9,11H2,1-3H3. The van der Waals surface area contributed by atoms with Gasteiger partial charge in [0.05, 0.1) is 6.20 Å². The number of anilines is 1. The highest BCUT2D eigenvalue weighted by molar-refractivity contribution is 5.44. The van der Waals surface area contributed by atoms with Gasteiger partial charge in [-0.05, 0) is 38.7 Å². The van der Waals surface area contributed by atoms with E-state index in [0.29, 0.717) is 0 Å². The Morgan fingerprint density at radius 1 is 1.16 bits per heavy atom. The molecule has 0 amide bonds. The molecule has 1 N–H and O–H groups in total. The minimum atomic E-state index is 0.813. The van der Waals surface area contributed by atoms with Crippen molar-refractivity contribution in [1.29, 1.82) is 0 Å². The quantitative estimate of drug-likeness (QED) is 0.864. The maximum absolute atomic E-state index is 4.26. The summed E-state index contributed by atoms with van der Waals surface area (Å²) in [6.45, 7) is 4.80. The number of benzene rings is 1. The fourth-order valence-corrected chi connectivity index (χ4v) is 1.97. The second-order valence-electron chi connectivity index (χ2n) is 4.99. The molecule has 2 rings (SSSR count). The van der Waals surface area contributed by atoms with Gasteiger partial charge in [-0.25, -0.2) is 0 Å². The zero-order valence-electron chi connectivity index (χ0n) is 11.9. The number of rotatable bonds is 6. The molecule has 0 saturated carbocycles. The summed E-state index contributed by atoms with van der Waals surface area (Å²) < 4.78 is 1.94. The molecule has 0 atom stereocenters. The van der Waals surface area contributed by atoms with Crippen LogP contribution in [-0.2, 0) is 19.6 Å². The van der Waals surface area contributed by atoms with Crippen LogP contribution < -0.4 is 5.32 Å². The second kappa shape index (κ2) is 6.38. The van der Waals surface area contributed by atoms with Crippen LogP contribution in [0.5, 0.6) is 0 Å². The van der Waals surface area contributed by atoms with E-state index >= 15 is 0 Å². The van der Waals surface area contributed by atoms with Crippen molar-refractivity contribution in [2.45, 2.75) is 26.6 Å². The van der Waals surface area contributed by atoms with Crippen molar-refractivity contribution in [3.8, 4) is 0 Å². The number of nitrogens with one attached hydrogen (secondary N) is 1. The lowest BCUT2D eigenvalue weighted by molar-refractivity contribution is 0.402. The highest BCUT2D eigenvalue weighted by atomic mass is 15.3. The van der Waals surface area contributed by atoms with Gasteiger partial charge in [-0.3, -0.25) is 4.68 Å². The molecule has 0 aliphatic carbocycles. The van der Waals surface area contributed by atoms with E-state index in [9.17, 15) is 0 Å². The Labute approximate surface area is 115 Å². The van der Waals surface area contributed by atoms with E-state index in [-0.39, 0.29) is 0 Å². The summed E-state index contributed by atoms with van der Waals surface area (Å²) in [5, 5.41) is 7.68. The number of hydrogen-bond acceptors (Lipinski definition) is 3. The molecule has 0 unspecified atom stereocenters. The van der Waals surface area contributed by atoms with Crippen LogP contribution in [0.1, 0.15) is 18.1 Å². The molecule has 0 saturated heterocycles. The smallest absolute Gasteiger partial charge is 0.0539 e. The number of aryl methyl sites for hydroxylation is 1. The van der Waals surface area contributed by atoms with Crippen LogP contribution in [0.3, 0.4) is 0 Å². The zero-order valence-corrected chi connectivity index (χ0v) is 11.9. The van der Waals surface area contributed by atoms with Gasteiger partial charge in [0.2, 0.25) is 0 Å². The molecule has 0 aliphatic rings. The molecule has 4 nitrogen and oxygen atoms in total. The van der Waals surface area contributed by atoms with E-state index < -0.39 is 0 Å². The molecule has 1 aromatic carbocycles. The highest BCUT2D eigenvalue weighted by Crippen LogP contribution is 2.12. The topological polar surface area (TPSA) is 33.1 Å². The van der Waals surface area contributed by atoms with Crippen LogP contribution in [0.25, 0.3) is 0 Å². The van der Waals surface area contributed by atoms with Crippen LogP contribution in [0.15, 0.2) is 36.7 Å². The van der Waals surface area contributed by atoms with Crippen LogP contribution in [-0.4, -0.2) is 28.8 Å². The highest BCUT2D eigenvalue weighted by Gasteiger charge is 1.99. The van der Waals surface area contributed by atoms with Gasteiger partial charge in [-0.15, -0.1) is 0 Å². The van der Waals surface area contributed by atoms with E-state index in [0.717, 1.165) is 25.3 Å². The zero-order chi connectivity index (χ0) is 13.7. The monoisotopic (exact) mass is 258 g/mol. The van der Waals surface area contributed by atoms with Gasteiger partial charge in [-0.2, -0.15) is 5.10 Å². The molecule has 1 heterocycles. The van der Waals surface area contributed by atoms with Crippen LogP contribution in [0.2, 0.25) is 0 Å². The molecular weight excluding hydrogens is 236 g/mol. The molecule has 102 valence electrons. The third-order valence-electron chi connectivity index (χ3n) is 2.96. The first kappa shape index (κ1) is 13.6. The fourth-order valence-electron chi connectivity index (χ4n) is 1.97. The van der Waals surface area contributed by atoms with Crippen LogP contribution in [0.4, 0.5) is 5.69 Å². The summed E-state index contributed by atoms with van der Waals surface area (Å²) >= 11 is 0. The first-order valence-corrected chi connectivity index (χ1v) is 6.66. The summed E-state index contributed by atoms with van der Waals surface area (Å²) in [6.07, 6.45) is 3.99. The van der Waals surface area contributed by atoms with E-state index in [1.54, 1.807) is 0 Å². The van der Waals surface area contributed by atoms with Crippen molar-refractivity contribution in [1.82, 2.24) is 14.7 Å². The Bertz CT molecular complexity index is 499. The largest absolute Gasteiger partial charge is 0.381 e. The molecule has 19 heavy (non-hydrogen) atoms. The van der Waals surface area contributed by atoms with Gasteiger partial charge in [0.25, 0.3) is 0 Å². The van der Waals surface area contributed by atoms with Crippen molar-refractivity contribution in [3.05, 3.63) is 47.8 Å². The summed E-state index contributed by atoms with van der Waals surface area (Å²) in [4.78, 5) is 2.17. The van der Waals surface area contributed by atoms with Gasteiger partial charge in [-0.1, -0.05) is 12.1 Å². The van der Waals surface area contributed by atoms with Crippen LogP contribution >= 0.6 is 0 Å². The second-order valence-corrected chi connectivity index (χ2v) is 4.99.